The molecule has 2 nitrogen and oxygen atoms in total. The number of rotatable bonds is 4. The molecule has 0 aromatic heterocycles. The van der Waals surface area contributed by atoms with E-state index in [-0.39, 0.29) is 0 Å². The molecule has 0 bridgehead atoms. The van der Waals surface area contributed by atoms with Crippen LogP contribution in [-0.2, 0) is 6.42 Å². The molecule has 1 aliphatic heterocycles. The molecule has 1 aliphatic rings. The van der Waals surface area contributed by atoms with Gasteiger partial charge >= 0.3 is 0 Å². The highest BCUT2D eigenvalue weighted by atomic mass is 79.9. The van der Waals surface area contributed by atoms with Crippen molar-refractivity contribution in [2.24, 2.45) is 5.73 Å². The van der Waals surface area contributed by atoms with Crippen LogP contribution >= 0.6 is 15.9 Å². The van der Waals surface area contributed by atoms with Gasteiger partial charge in [-0.15, -0.1) is 0 Å². The molecule has 15 heavy (non-hydrogen) atoms. The normalized spacial score (nSPS) is 18.5. The van der Waals surface area contributed by atoms with Crippen LogP contribution in [0, 0.1) is 0 Å². The topological polar surface area (TPSA) is 29.3 Å². The third-order valence-corrected chi connectivity index (χ3v) is 3.53. The van der Waals surface area contributed by atoms with E-state index < -0.39 is 0 Å². The Morgan fingerprint density at radius 3 is 2.73 bits per heavy atom. The van der Waals surface area contributed by atoms with Crippen molar-refractivity contribution in [2.75, 3.05) is 19.6 Å². The number of benzene rings is 1. The Kier molecular flexibility index (Phi) is 3.78. The van der Waals surface area contributed by atoms with Crippen molar-refractivity contribution in [3.8, 4) is 0 Å². The van der Waals surface area contributed by atoms with Crippen LogP contribution in [0.5, 0.6) is 0 Å². The third kappa shape index (κ3) is 2.80. The maximum atomic E-state index is 5.82. The molecule has 3 heteroatoms. The molecule has 0 aliphatic carbocycles. The molecule has 0 radical (unpaired) electrons. The quantitative estimate of drug-likeness (QED) is 0.906. The second-order valence-electron chi connectivity index (χ2n) is 4.11. The zero-order chi connectivity index (χ0) is 10.7. The minimum atomic E-state index is 0.521. The molecular weight excluding hydrogens is 252 g/mol. The smallest absolute Gasteiger partial charge is 0.0258 e. The summed E-state index contributed by atoms with van der Waals surface area (Å²) in [6.07, 6.45) is 2.39. The van der Waals surface area contributed by atoms with Crippen LogP contribution < -0.4 is 5.73 Å². The number of halogens is 1. The average Bonchev–Trinajstić information content (AvgIpc) is 2.14. The van der Waals surface area contributed by atoms with Gasteiger partial charge in [0.25, 0.3) is 0 Å². The Hall–Kier alpha value is -0.380. The Labute approximate surface area is 99.6 Å². The Balaban J connectivity index is 1.99. The van der Waals surface area contributed by atoms with Gasteiger partial charge in [0, 0.05) is 17.1 Å². The van der Waals surface area contributed by atoms with Crippen molar-refractivity contribution in [2.45, 2.75) is 18.9 Å². The number of nitrogens with zero attached hydrogens (tertiary/aromatic N) is 1. The fraction of sp³-hybridized carbons (Fsp3) is 0.500. The molecule has 1 saturated heterocycles. The Morgan fingerprint density at radius 1 is 1.40 bits per heavy atom. The van der Waals surface area contributed by atoms with Crippen LogP contribution in [0.2, 0.25) is 0 Å². The number of hydrogen-bond acceptors (Lipinski definition) is 2. The molecule has 1 unspecified atom stereocenters. The first-order valence-electron chi connectivity index (χ1n) is 5.48. The van der Waals surface area contributed by atoms with Gasteiger partial charge in [0.05, 0.1) is 0 Å². The number of nitrogens with two attached hydrogens (primary N) is 1. The van der Waals surface area contributed by atoms with Gasteiger partial charge in [0.1, 0.15) is 0 Å². The maximum absolute atomic E-state index is 5.82. The van der Waals surface area contributed by atoms with Crippen LogP contribution in [-0.4, -0.2) is 30.6 Å². The molecule has 0 spiro atoms. The molecule has 1 aromatic carbocycles. The summed E-state index contributed by atoms with van der Waals surface area (Å²) in [5.41, 5.74) is 7.18. The lowest BCUT2D eigenvalue weighted by molar-refractivity contribution is 0.121. The van der Waals surface area contributed by atoms with Gasteiger partial charge in [-0.05, 0) is 43.6 Å². The SMILES string of the molecule is NCC(Cc1cccc(Br)c1)N1CCC1. The van der Waals surface area contributed by atoms with E-state index in [0.29, 0.717) is 6.04 Å². The second-order valence-corrected chi connectivity index (χ2v) is 5.03. The van der Waals surface area contributed by atoms with Crippen molar-refractivity contribution in [1.82, 2.24) is 4.90 Å². The summed E-state index contributed by atoms with van der Waals surface area (Å²) in [6, 6.07) is 9.02. The average molecular weight is 269 g/mol. The monoisotopic (exact) mass is 268 g/mol. The van der Waals surface area contributed by atoms with Gasteiger partial charge < -0.3 is 5.73 Å². The summed E-state index contributed by atoms with van der Waals surface area (Å²) in [4.78, 5) is 2.47. The third-order valence-electron chi connectivity index (χ3n) is 3.04. The molecular formula is C12H17BrN2. The van der Waals surface area contributed by atoms with E-state index in [2.05, 4.69) is 45.1 Å². The van der Waals surface area contributed by atoms with Crippen molar-refractivity contribution in [3.63, 3.8) is 0 Å². The first kappa shape index (κ1) is 11.1. The van der Waals surface area contributed by atoms with Crippen molar-refractivity contribution in [3.05, 3.63) is 34.3 Å². The van der Waals surface area contributed by atoms with E-state index in [1.165, 1.54) is 25.1 Å². The van der Waals surface area contributed by atoms with Crippen molar-refractivity contribution in [1.29, 1.82) is 0 Å². The molecule has 0 amide bonds. The Bertz CT molecular complexity index is 323. The van der Waals surface area contributed by atoms with Gasteiger partial charge in [-0.3, -0.25) is 4.90 Å². The van der Waals surface area contributed by atoms with E-state index in [1.54, 1.807) is 0 Å². The van der Waals surface area contributed by atoms with Crippen LogP contribution in [0.1, 0.15) is 12.0 Å². The van der Waals surface area contributed by atoms with Crippen LogP contribution in [0.25, 0.3) is 0 Å². The number of hydrogen-bond donors (Lipinski definition) is 1. The highest BCUT2D eigenvalue weighted by Crippen LogP contribution is 2.17. The lowest BCUT2D eigenvalue weighted by atomic mass is 10.0. The minimum Gasteiger partial charge on any atom is -0.329 e. The lowest BCUT2D eigenvalue weighted by Crippen LogP contribution is -2.49. The summed E-state index contributed by atoms with van der Waals surface area (Å²) in [6.45, 7) is 3.19. The second kappa shape index (κ2) is 5.10. The highest BCUT2D eigenvalue weighted by molar-refractivity contribution is 9.10. The van der Waals surface area contributed by atoms with Gasteiger partial charge in [-0.25, -0.2) is 0 Å². The fourth-order valence-corrected chi connectivity index (χ4v) is 2.45. The highest BCUT2D eigenvalue weighted by Gasteiger charge is 2.22. The zero-order valence-corrected chi connectivity index (χ0v) is 10.4. The van der Waals surface area contributed by atoms with Crippen molar-refractivity contribution >= 4 is 15.9 Å². The molecule has 82 valence electrons. The zero-order valence-electron chi connectivity index (χ0n) is 8.82. The van der Waals surface area contributed by atoms with Crippen LogP contribution in [0.15, 0.2) is 28.7 Å². The predicted molar refractivity (Wildman–Crippen MR) is 66.9 cm³/mol. The fourth-order valence-electron chi connectivity index (χ4n) is 2.00. The number of likely N-dealkylation sites (tertiary alicyclic amines) is 1. The van der Waals surface area contributed by atoms with E-state index in [9.17, 15) is 0 Å². The van der Waals surface area contributed by atoms with Crippen LogP contribution in [0.3, 0.4) is 0 Å². The summed E-state index contributed by atoms with van der Waals surface area (Å²) < 4.78 is 1.15. The maximum Gasteiger partial charge on any atom is 0.0258 e. The summed E-state index contributed by atoms with van der Waals surface area (Å²) in [5, 5.41) is 0. The van der Waals surface area contributed by atoms with Gasteiger partial charge in [0.15, 0.2) is 0 Å². The van der Waals surface area contributed by atoms with Crippen LogP contribution in [0.4, 0.5) is 0 Å². The molecule has 0 saturated carbocycles. The van der Waals surface area contributed by atoms with E-state index in [0.717, 1.165) is 17.4 Å². The first-order valence-corrected chi connectivity index (χ1v) is 6.27. The Morgan fingerprint density at radius 2 is 2.20 bits per heavy atom. The van der Waals surface area contributed by atoms with Crippen molar-refractivity contribution < 1.29 is 0 Å². The predicted octanol–water partition coefficient (Wildman–Crippen LogP) is 2.02. The minimum absolute atomic E-state index is 0.521. The summed E-state index contributed by atoms with van der Waals surface area (Å²) in [7, 11) is 0. The molecule has 1 heterocycles. The molecule has 1 atom stereocenters. The van der Waals surface area contributed by atoms with Gasteiger partial charge in [0.2, 0.25) is 0 Å². The van der Waals surface area contributed by atoms with E-state index in [4.69, 9.17) is 5.73 Å². The molecule has 2 N–H and O–H groups in total. The lowest BCUT2D eigenvalue weighted by Gasteiger charge is -2.38. The molecule has 1 fully saturated rings. The van der Waals surface area contributed by atoms with Gasteiger partial charge in [-0.1, -0.05) is 28.1 Å². The first-order chi connectivity index (χ1) is 7.29. The molecule has 2 rings (SSSR count). The van der Waals surface area contributed by atoms with E-state index in [1.807, 2.05) is 0 Å². The molecule has 1 aromatic rings. The summed E-state index contributed by atoms with van der Waals surface area (Å²) >= 11 is 3.50. The summed E-state index contributed by atoms with van der Waals surface area (Å²) in [5.74, 6) is 0. The largest absolute Gasteiger partial charge is 0.329 e. The standard InChI is InChI=1S/C12H17BrN2/c13-11-4-1-3-10(7-11)8-12(9-14)15-5-2-6-15/h1,3-4,7,12H,2,5-6,8-9,14H2. The van der Waals surface area contributed by atoms with Gasteiger partial charge in [-0.2, -0.15) is 0 Å². The van der Waals surface area contributed by atoms with E-state index >= 15 is 0 Å².